The zero-order valence-electron chi connectivity index (χ0n) is 24.7. The lowest BCUT2D eigenvalue weighted by atomic mass is 9.71. The summed E-state index contributed by atoms with van der Waals surface area (Å²) >= 11 is 1.33. The van der Waals surface area contributed by atoms with Crippen LogP contribution in [0, 0.1) is 11.3 Å². The van der Waals surface area contributed by atoms with E-state index in [4.69, 9.17) is 9.97 Å². The van der Waals surface area contributed by atoms with E-state index in [0.29, 0.717) is 36.0 Å². The van der Waals surface area contributed by atoms with Crippen LogP contribution in [0.5, 0.6) is 0 Å². The number of amides is 2. The topological polar surface area (TPSA) is 119 Å². The summed E-state index contributed by atoms with van der Waals surface area (Å²) < 4.78 is 0. The van der Waals surface area contributed by atoms with Crippen LogP contribution in [-0.4, -0.2) is 77.7 Å². The molecule has 4 atom stereocenters. The largest absolute Gasteiger partial charge is 0.390 e. The summed E-state index contributed by atoms with van der Waals surface area (Å²) in [5, 5.41) is 19.6. The van der Waals surface area contributed by atoms with E-state index in [1.165, 1.54) is 16.9 Å². The Labute approximate surface area is 246 Å². The maximum absolute atomic E-state index is 13.5. The molecule has 0 spiro atoms. The molecule has 3 aromatic rings. The van der Waals surface area contributed by atoms with Gasteiger partial charge in [0.05, 0.1) is 18.2 Å². The fraction of sp³-hybridized carbons (Fsp3) is 0.548. The Balaban J connectivity index is 1.34. The minimum atomic E-state index is -0.608. The first-order chi connectivity index (χ1) is 19.5. The van der Waals surface area contributed by atoms with Crippen molar-refractivity contribution >= 4 is 33.5 Å². The average Bonchev–Trinajstić information content (AvgIpc) is 3.53. The van der Waals surface area contributed by atoms with Gasteiger partial charge in [0.15, 0.2) is 5.01 Å². The van der Waals surface area contributed by atoms with Crippen LogP contribution in [0.3, 0.4) is 0 Å². The van der Waals surface area contributed by atoms with Crippen LogP contribution in [0.15, 0.2) is 30.3 Å². The Hall–Kier alpha value is -2.92. The van der Waals surface area contributed by atoms with Crippen molar-refractivity contribution in [3.63, 3.8) is 0 Å². The molecular weight excluding hydrogens is 536 g/mol. The van der Waals surface area contributed by atoms with E-state index >= 15 is 0 Å². The molecule has 2 amide bonds. The normalized spacial score (nSPS) is 21.6. The van der Waals surface area contributed by atoms with Crippen LogP contribution < -0.4 is 16.0 Å². The van der Waals surface area contributed by atoms with Crippen LogP contribution in [-0.2, 0) is 12.8 Å². The van der Waals surface area contributed by atoms with Crippen LogP contribution in [0.25, 0.3) is 10.3 Å². The van der Waals surface area contributed by atoms with Gasteiger partial charge < -0.3 is 26.0 Å². The van der Waals surface area contributed by atoms with Crippen molar-refractivity contribution in [2.24, 2.45) is 11.3 Å². The number of fused-ring (bicyclic) bond motifs is 2. The fourth-order valence-corrected chi connectivity index (χ4v) is 6.58. The number of hydrogen-bond acceptors (Lipinski definition) is 8. The van der Waals surface area contributed by atoms with Crippen molar-refractivity contribution in [2.45, 2.75) is 64.6 Å². The number of aryl methyl sites for hydroxylation is 1. The third-order valence-electron chi connectivity index (χ3n) is 8.39. The first-order valence-electron chi connectivity index (χ1n) is 14.5. The molecule has 41 heavy (non-hydrogen) atoms. The Morgan fingerprint density at radius 3 is 2.68 bits per heavy atom. The second-order valence-corrected chi connectivity index (χ2v) is 13.8. The number of nitrogens with one attached hydrogen (secondary N) is 3. The van der Waals surface area contributed by atoms with Crippen LogP contribution in [0.1, 0.15) is 76.6 Å². The first-order valence-corrected chi connectivity index (χ1v) is 15.3. The van der Waals surface area contributed by atoms with Crippen molar-refractivity contribution in [1.29, 1.82) is 0 Å². The minimum Gasteiger partial charge on any atom is -0.390 e. The molecule has 10 heteroatoms. The second kappa shape index (κ2) is 12.1. The van der Waals surface area contributed by atoms with Gasteiger partial charge in [-0.1, -0.05) is 44.2 Å². The summed E-state index contributed by atoms with van der Waals surface area (Å²) in [6.45, 7) is 8.64. The summed E-state index contributed by atoms with van der Waals surface area (Å²) in [6, 6.07) is 8.84. The monoisotopic (exact) mass is 578 g/mol. The van der Waals surface area contributed by atoms with Crippen LogP contribution in [0.2, 0.25) is 0 Å². The molecule has 2 aliphatic rings. The number of nitrogens with zero attached hydrogens (tertiary/aromatic N) is 3. The van der Waals surface area contributed by atoms with Crippen molar-refractivity contribution in [1.82, 2.24) is 30.8 Å². The Bertz CT molecular complexity index is 1410. The number of aliphatic hydroxyl groups is 1. The number of pyridine rings is 1. The maximum atomic E-state index is 13.5. The van der Waals surface area contributed by atoms with Gasteiger partial charge in [-0.25, -0.2) is 9.97 Å². The maximum Gasteiger partial charge on any atom is 0.280 e. The third-order valence-corrected chi connectivity index (χ3v) is 9.35. The summed E-state index contributed by atoms with van der Waals surface area (Å²) in [5.41, 5.74) is 4.75. The van der Waals surface area contributed by atoms with E-state index < -0.39 is 6.10 Å². The molecular formula is C31H42N6O3S. The molecule has 5 rings (SSSR count). The van der Waals surface area contributed by atoms with Crippen molar-refractivity contribution in [3.8, 4) is 0 Å². The van der Waals surface area contributed by atoms with Gasteiger partial charge >= 0.3 is 0 Å². The molecule has 2 aromatic heterocycles. The highest BCUT2D eigenvalue weighted by Crippen LogP contribution is 2.38. The standard InChI is InChI=1S/C31H42N6O3S/c1-31(2,3)21-9-10-22-20(14-21)15-24-29(35-22)41-30(36-24)28(40)33-23(11-12-37(4)5)18-7-6-8-19(13-18)27(39)34-25-16-32-17-26(25)38/h6-8,13,15,21,23,25-26,32,38H,9-12,14,16-17H2,1-5H3,(H,33,40)(H,34,39)/t21-,23+,25+,26+/m0/s1. The Morgan fingerprint density at radius 1 is 1.17 bits per heavy atom. The molecule has 0 bridgehead atoms. The van der Waals surface area contributed by atoms with Gasteiger partial charge in [0.2, 0.25) is 0 Å². The van der Waals surface area contributed by atoms with E-state index in [-0.39, 0.29) is 29.3 Å². The number of aromatic nitrogens is 2. The van der Waals surface area contributed by atoms with E-state index in [2.05, 4.69) is 47.7 Å². The number of thiazole rings is 1. The summed E-state index contributed by atoms with van der Waals surface area (Å²) in [6.07, 6.45) is 3.14. The van der Waals surface area contributed by atoms with E-state index in [1.54, 1.807) is 6.07 Å². The van der Waals surface area contributed by atoms with E-state index in [9.17, 15) is 14.7 Å². The van der Waals surface area contributed by atoms with Crippen molar-refractivity contribution in [3.05, 3.63) is 57.7 Å². The fourth-order valence-electron chi connectivity index (χ4n) is 5.74. The third kappa shape index (κ3) is 6.94. The van der Waals surface area contributed by atoms with Gasteiger partial charge in [-0.2, -0.15) is 0 Å². The SMILES string of the molecule is CN(C)CC[C@@H](NC(=O)c1nc2cc3c(nc2s1)CC[C@H](C(C)(C)C)C3)c1cccc(C(=O)N[C@@H]2CNC[C@H]2O)c1. The molecule has 1 aromatic carbocycles. The van der Waals surface area contributed by atoms with Crippen LogP contribution in [0.4, 0.5) is 0 Å². The predicted molar refractivity (Wildman–Crippen MR) is 162 cm³/mol. The molecule has 1 aliphatic heterocycles. The van der Waals surface area contributed by atoms with Gasteiger partial charge in [-0.3, -0.25) is 9.59 Å². The van der Waals surface area contributed by atoms with Gasteiger partial charge in [-0.15, -0.1) is 0 Å². The summed E-state index contributed by atoms with van der Waals surface area (Å²) in [5.74, 6) is 0.121. The van der Waals surface area contributed by atoms with Gasteiger partial charge in [0.1, 0.15) is 10.3 Å². The zero-order valence-corrected chi connectivity index (χ0v) is 25.5. The van der Waals surface area contributed by atoms with E-state index in [1.807, 2.05) is 32.3 Å². The number of aliphatic hydroxyl groups excluding tert-OH is 1. The summed E-state index contributed by atoms with van der Waals surface area (Å²) in [4.78, 5) is 39.0. The highest BCUT2D eigenvalue weighted by molar-refractivity contribution is 7.19. The molecule has 4 N–H and O–H groups in total. The highest BCUT2D eigenvalue weighted by Gasteiger charge is 2.30. The zero-order chi connectivity index (χ0) is 29.3. The van der Waals surface area contributed by atoms with Crippen LogP contribution >= 0.6 is 11.3 Å². The number of hydrogen-bond donors (Lipinski definition) is 4. The molecule has 0 unspecified atom stereocenters. The quantitative estimate of drug-likeness (QED) is 0.324. The van der Waals surface area contributed by atoms with Crippen molar-refractivity contribution < 1.29 is 14.7 Å². The lowest BCUT2D eigenvalue weighted by molar-refractivity contribution is 0.0888. The van der Waals surface area contributed by atoms with Gasteiger partial charge in [0, 0.05) is 24.3 Å². The average molecular weight is 579 g/mol. The molecule has 1 saturated heterocycles. The smallest absolute Gasteiger partial charge is 0.280 e. The van der Waals surface area contributed by atoms with Gasteiger partial charge in [0.25, 0.3) is 11.8 Å². The van der Waals surface area contributed by atoms with E-state index in [0.717, 1.165) is 47.4 Å². The Kier molecular flexibility index (Phi) is 8.75. The number of rotatable bonds is 8. The minimum absolute atomic E-state index is 0.239. The molecule has 1 fully saturated rings. The lowest BCUT2D eigenvalue weighted by Gasteiger charge is -2.34. The highest BCUT2D eigenvalue weighted by atomic mass is 32.1. The Morgan fingerprint density at radius 2 is 1.98 bits per heavy atom. The second-order valence-electron chi connectivity index (χ2n) is 12.8. The number of β-amino-alcohol motifs (C(OH)–C–C–N with tert-alkyl or cyclic N) is 1. The lowest BCUT2D eigenvalue weighted by Crippen LogP contribution is -2.42. The molecule has 0 radical (unpaired) electrons. The molecule has 1 aliphatic carbocycles. The number of carbonyl (C=O) groups excluding carboxylic acids is 2. The summed E-state index contributed by atoms with van der Waals surface area (Å²) in [7, 11) is 3.99. The molecule has 9 nitrogen and oxygen atoms in total. The van der Waals surface area contributed by atoms with Crippen molar-refractivity contribution in [2.75, 3.05) is 33.7 Å². The van der Waals surface area contributed by atoms with Gasteiger partial charge in [-0.05, 0) is 87.0 Å². The number of benzene rings is 1. The molecule has 220 valence electrons. The molecule has 3 heterocycles. The first kappa shape index (κ1) is 29.6. The number of carbonyl (C=O) groups is 2. The predicted octanol–water partition coefficient (Wildman–Crippen LogP) is 3.33. The molecule has 0 saturated carbocycles.